The van der Waals surface area contributed by atoms with E-state index in [1.807, 2.05) is 46.4 Å². The Morgan fingerprint density at radius 3 is 2.27 bits per heavy atom. The summed E-state index contributed by atoms with van der Waals surface area (Å²) in [7, 11) is 1.50. The van der Waals surface area contributed by atoms with Crippen LogP contribution in [-0.2, 0) is 4.79 Å². The number of fused-ring (bicyclic) bond motifs is 1. The van der Waals surface area contributed by atoms with Crippen LogP contribution in [0.15, 0.2) is 47.8 Å². The van der Waals surface area contributed by atoms with E-state index in [-0.39, 0.29) is 57.8 Å². The molecule has 0 bridgehead atoms. The van der Waals surface area contributed by atoms with E-state index in [1.165, 1.54) is 23.8 Å². The number of ether oxygens (including phenoxy) is 1. The summed E-state index contributed by atoms with van der Waals surface area (Å²) >= 11 is 6.84. The minimum absolute atomic E-state index is 0.134. The first kappa shape index (κ1) is 32.0. The Hall–Kier alpha value is -4.38. The number of anilines is 1. The first-order valence-electron chi connectivity index (χ1n) is 14.9. The zero-order chi connectivity index (χ0) is 32.7. The third kappa shape index (κ3) is 5.77. The van der Waals surface area contributed by atoms with Crippen LogP contribution in [0, 0.1) is 5.82 Å². The highest BCUT2D eigenvalue weighted by Crippen LogP contribution is 2.37. The summed E-state index contributed by atoms with van der Waals surface area (Å²) < 4.78 is 22.0. The van der Waals surface area contributed by atoms with E-state index in [9.17, 15) is 9.59 Å². The van der Waals surface area contributed by atoms with Crippen LogP contribution in [0.25, 0.3) is 28.0 Å². The predicted octanol–water partition coefficient (Wildman–Crippen LogP) is 5.90. The Kier molecular flexibility index (Phi) is 8.93. The molecule has 0 unspecified atom stereocenters. The fraction of sp³-hybridized carbons (Fsp3) is 0.394. The van der Waals surface area contributed by atoms with Gasteiger partial charge in [0.15, 0.2) is 5.65 Å². The highest BCUT2D eigenvalue weighted by molar-refractivity contribution is 6.33. The van der Waals surface area contributed by atoms with Crippen molar-refractivity contribution >= 4 is 34.4 Å². The van der Waals surface area contributed by atoms with Gasteiger partial charge in [0.05, 0.1) is 40.3 Å². The van der Waals surface area contributed by atoms with Gasteiger partial charge in [-0.15, -0.1) is 0 Å². The first-order chi connectivity index (χ1) is 21.4. The molecule has 2 atom stereocenters. The van der Waals surface area contributed by atoms with Gasteiger partial charge < -0.3 is 14.5 Å². The minimum Gasteiger partial charge on any atom is -0.467 e. The largest absolute Gasteiger partial charge is 0.467 e. The van der Waals surface area contributed by atoms with Gasteiger partial charge in [0.25, 0.3) is 0 Å². The molecule has 0 radical (unpaired) electrons. The lowest BCUT2D eigenvalue weighted by molar-refractivity contribution is -0.128. The second-order valence-electron chi connectivity index (χ2n) is 11.9. The Balaban J connectivity index is 1.88. The molecule has 1 saturated heterocycles. The fourth-order valence-electron chi connectivity index (χ4n) is 5.81. The molecule has 4 heterocycles. The highest BCUT2D eigenvalue weighted by Gasteiger charge is 2.34. The highest BCUT2D eigenvalue weighted by atomic mass is 35.5. The van der Waals surface area contributed by atoms with Crippen molar-refractivity contribution in [1.82, 2.24) is 29.4 Å². The predicted molar refractivity (Wildman–Crippen MR) is 174 cm³/mol. The van der Waals surface area contributed by atoms with Gasteiger partial charge in [-0.25, -0.2) is 18.7 Å². The summed E-state index contributed by atoms with van der Waals surface area (Å²) in [5, 5.41) is 0.684. The van der Waals surface area contributed by atoms with Gasteiger partial charge in [0, 0.05) is 30.7 Å². The average molecular weight is 634 g/mol. The number of carbonyl (C=O) groups excluding carboxylic acids is 1. The molecular weight excluding hydrogens is 597 g/mol. The van der Waals surface area contributed by atoms with Gasteiger partial charge in [0.2, 0.25) is 5.91 Å². The SMILES string of the molecule is C=CC(=O)N1C[C@H](C)N(c2nc(=O)n(-c3c(C(C)C)nc(OC)nc3C(C)C)c3nc(-c4ccccc4F)c(Cl)cc23)C[C@H]1C. The van der Waals surface area contributed by atoms with Gasteiger partial charge in [-0.1, -0.05) is 58.0 Å². The van der Waals surface area contributed by atoms with Gasteiger partial charge in [0.1, 0.15) is 11.6 Å². The number of amides is 1. The molecule has 1 fully saturated rings. The van der Waals surface area contributed by atoms with E-state index in [4.69, 9.17) is 21.3 Å². The van der Waals surface area contributed by atoms with Crippen molar-refractivity contribution in [2.45, 2.75) is 65.5 Å². The van der Waals surface area contributed by atoms with Gasteiger partial charge in [-0.05, 0) is 50.0 Å². The third-order valence-corrected chi connectivity index (χ3v) is 8.35. The number of pyridine rings is 1. The number of nitrogens with zero attached hydrogens (tertiary/aromatic N) is 7. The van der Waals surface area contributed by atoms with E-state index < -0.39 is 11.5 Å². The number of carbonyl (C=O) groups is 1. The molecule has 0 saturated carbocycles. The van der Waals surface area contributed by atoms with Crippen molar-refractivity contribution in [2.24, 2.45) is 0 Å². The van der Waals surface area contributed by atoms with E-state index >= 15 is 4.39 Å². The lowest BCUT2D eigenvalue weighted by atomic mass is 10.0. The molecule has 45 heavy (non-hydrogen) atoms. The second kappa shape index (κ2) is 12.5. The lowest BCUT2D eigenvalue weighted by Crippen LogP contribution is -2.58. The molecule has 5 rings (SSSR count). The van der Waals surface area contributed by atoms with Crippen molar-refractivity contribution in [3.8, 4) is 23.0 Å². The summed E-state index contributed by atoms with van der Waals surface area (Å²) in [6.07, 6.45) is 1.30. The number of hydrogen-bond acceptors (Lipinski definition) is 8. The molecule has 10 nitrogen and oxygen atoms in total. The zero-order valence-electron chi connectivity index (χ0n) is 26.5. The van der Waals surface area contributed by atoms with Crippen molar-refractivity contribution in [2.75, 3.05) is 25.1 Å². The number of hydrogen-bond donors (Lipinski definition) is 0. The topological polar surface area (TPSA) is 106 Å². The molecule has 3 aromatic heterocycles. The molecule has 1 aromatic carbocycles. The number of aromatic nitrogens is 5. The Morgan fingerprint density at radius 2 is 1.69 bits per heavy atom. The van der Waals surface area contributed by atoms with E-state index in [2.05, 4.69) is 21.5 Å². The van der Waals surface area contributed by atoms with Crippen LogP contribution in [0.3, 0.4) is 0 Å². The molecule has 1 aliphatic heterocycles. The maximum Gasteiger partial charge on any atom is 0.355 e. The lowest BCUT2D eigenvalue weighted by Gasteiger charge is -2.44. The molecule has 1 amide bonds. The van der Waals surface area contributed by atoms with E-state index in [0.717, 1.165) is 0 Å². The summed E-state index contributed by atoms with van der Waals surface area (Å²) in [6, 6.07) is 7.68. The monoisotopic (exact) mass is 633 g/mol. The van der Waals surface area contributed by atoms with Crippen LogP contribution in [0.4, 0.5) is 10.2 Å². The van der Waals surface area contributed by atoms with Crippen LogP contribution >= 0.6 is 11.6 Å². The van der Waals surface area contributed by atoms with Gasteiger partial charge >= 0.3 is 11.7 Å². The normalized spacial score (nSPS) is 17.0. The Morgan fingerprint density at radius 1 is 1.04 bits per heavy atom. The molecule has 0 aliphatic carbocycles. The fourth-order valence-corrected chi connectivity index (χ4v) is 6.06. The minimum atomic E-state index is -0.603. The van der Waals surface area contributed by atoms with Crippen LogP contribution in [0.5, 0.6) is 6.01 Å². The van der Waals surface area contributed by atoms with Crippen molar-refractivity contribution in [3.05, 3.63) is 75.7 Å². The van der Waals surface area contributed by atoms with Crippen LogP contribution in [0.2, 0.25) is 5.02 Å². The van der Waals surface area contributed by atoms with E-state index in [0.29, 0.717) is 41.4 Å². The molecule has 4 aromatic rings. The van der Waals surface area contributed by atoms with Crippen LogP contribution in [0.1, 0.15) is 64.8 Å². The number of rotatable bonds is 7. The summed E-state index contributed by atoms with van der Waals surface area (Å²) in [4.78, 5) is 49.4. The second-order valence-corrected chi connectivity index (χ2v) is 12.3. The third-order valence-electron chi connectivity index (χ3n) is 8.06. The average Bonchev–Trinajstić information content (AvgIpc) is 3.01. The number of piperazine rings is 1. The number of methoxy groups -OCH3 is 1. The summed E-state index contributed by atoms with van der Waals surface area (Å²) in [6.45, 7) is 16.2. The maximum absolute atomic E-state index is 15.1. The van der Waals surface area contributed by atoms with Crippen molar-refractivity contribution in [1.29, 1.82) is 0 Å². The van der Waals surface area contributed by atoms with Crippen LogP contribution in [-0.4, -0.2) is 67.6 Å². The molecular formula is C33H37ClFN7O3. The Labute approximate surface area is 266 Å². The first-order valence-corrected chi connectivity index (χ1v) is 15.3. The summed E-state index contributed by atoms with van der Waals surface area (Å²) in [5.41, 5.74) is 1.61. The quantitative estimate of drug-likeness (QED) is 0.232. The van der Waals surface area contributed by atoms with E-state index in [1.54, 1.807) is 29.2 Å². The summed E-state index contributed by atoms with van der Waals surface area (Å²) in [5.74, 6) is -0.560. The van der Waals surface area contributed by atoms with Crippen molar-refractivity contribution < 1.29 is 13.9 Å². The number of halogens is 2. The van der Waals surface area contributed by atoms with Gasteiger partial charge in [-0.3, -0.25) is 4.79 Å². The number of benzene rings is 1. The Bertz CT molecular complexity index is 1830. The zero-order valence-corrected chi connectivity index (χ0v) is 27.3. The standard InChI is InChI=1S/C33H37ClFN7O3/c1-9-25(43)40-15-20(7)41(16-19(40)6)30-22-14-23(34)28(21-12-10-11-13-24(21)35)36-31(22)42(33(44)39-30)29-26(17(2)3)37-32(45-8)38-27(29)18(4)5/h9-14,17-20H,1,15-16H2,2-8H3/t19-,20+/m1/s1. The maximum atomic E-state index is 15.1. The van der Waals surface area contributed by atoms with Crippen molar-refractivity contribution in [3.63, 3.8) is 0 Å². The molecule has 0 spiro atoms. The molecule has 0 N–H and O–H groups in total. The van der Waals surface area contributed by atoms with Crippen LogP contribution < -0.4 is 15.3 Å². The van der Waals surface area contributed by atoms with Gasteiger partial charge in [-0.2, -0.15) is 15.0 Å². The molecule has 1 aliphatic rings. The smallest absolute Gasteiger partial charge is 0.355 e. The molecule has 236 valence electrons. The molecule has 12 heteroatoms.